The molecular formula is C13H18N2O4. The zero-order valence-corrected chi connectivity index (χ0v) is 11.1. The second kappa shape index (κ2) is 7.48. The molecule has 19 heavy (non-hydrogen) atoms. The van der Waals surface area contributed by atoms with Gasteiger partial charge in [0.15, 0.2) is 0 Å². The highest BCUT2D eigenvalue weighted by molar-refractivity contribution is 5.94. The van der Waals surface area contributed by atoms with E-state index in [9.17, 15) is 14.9 Å². The van der Waals surface area contributed by atoms with Crippen LogP contribution in [0.3, 0.4) is 0 Å². The SMILES string of the molecule is CCOCCCNC(=O)c1ccc([N+](=O)[O-])c(C)c1. The minimum absolute atomic E-state index is 0.0212. The van der Waals surface area contributed by atoms with Crippen LogP contribution in [0.25, 0.3) is 0 Å². The van der Waals surface area contributed by atoms with Crippen LogP contribution < -0.4 is 5.32 Å². The normalized spacial score (nSPS) is 10.2. The molecule has 0 unspecified atom stereocenters. The summed E-state index contributed by atoms with van der Waals surface area (Å²) in [6.45, 7) is 5.32. The number of hydrogen-bond donors (Lipinski definition) is 1. The van der Waals surface area contributed by atoms with E-state index in [0.717, 1.165) is 6.42 Å². The maximum absolute atomic E-state index is 11.8. The highest BCUT2D eigenvalue weighted by atomic mass is 16.6. The first-order chi connectivity index (χ1) is 9.06. The van der Waals surface area contributed by atoms with Crippen molar-refractivity contribution in [1.82, 2.24) is 5.32 Å². The lowest BCUT2D eigenvalue weighted by molar-refractivity contribution is -0.385. The third-order valence-electron chi connectivity index (χ3n) is 2.61. The summed E-state index contributed by atoms with van der Waals surface area (Å²) < 4.78 is 5.16. The van der Waals surface area contributed by atoms with Gasteiger partial charge in [-0.25, -0.2) is 0 Å². The molecule has 1 amide bonds. The molecule has 0 aliphatic rings. The van der Waals surface area contributed by atoms with Crippen LogP contribution in [-0.2, 0) is 4.74 Å². The molecule has 1 aromatic rings. The minimum atomic E-state index is -0.459. The van der Waals surface area contributed by atoms with Crippen molar-refractivity contribution >= 4 is 11.6 Å². The fourth-order valence-electron chi connectivity index (χ4n) is 1.62. The monoisotopic (exact) mass is 266 g/mol. The van der Waals surface area contributed by atoms with E-state index in [-0.39, 0.29) is 11.6 Å². The predicted octanol–water partition coefficient (Wildman–Crippen LogP) is 2.06. The molecule has 0 heterocycles. The lowest BCUT2D eigenvalue weighted by Crippen LogP contribution is -2.25. The maximum Gasteiger partial charge on any atom is 0.272 e. The minimum Gasteiger partial charge on any atom is -0.382 e. The number of aryl methyl sites for hydroxylation is 1. The zero-order chi connectivity index (χ0) is 14.3. The van der Waals surface area contributed by atoms with Crippen LogP contribution in [0.5, 0.6) is 0 Å². The number of benzene rings is 1. The summed E-state index contributed by atoms with van der Waals surface area (Å²) in [5.74, 6) is -0.227. The molecule has 104 valence electrons. The third kappa shape index (κ3) is 4.67. The number of nitrogens with one attached hydrogen (secondary N) is 1. The van der Waals surface area contributed by atoms with Gasteiger partial charge in [-0.05, 0) is 32.4 Å². The largest absolute Gasteiger partial charge is 0.382 e. The lowest BCUT2D eigenvalue weighted by atomic mass is 10.1. The Kier molecular flexibility index (Phi) is 5.95. The fraction of sp³-hybridized carbons (Fsp3) is 0.462. The highest BCUT2D eigenvalue weighted by Gasteiger charge is 2.13. The second-order valence-corrected chi connectivity index (χ2v) is 4.06. The maximum atomic E-state index is 11.8. The van der Waals surface area contributed by atoms with Crippen molar-refractivity contribution in [1.29, 1.82) is 0 Å². The van der Waals surface area contributed by atoms with Gasteiger partial charge < -0.3 is 10.1 Å². The number of rotatable bonds is 7. The molecule has 0 bridgehead atoms. The summed E-state index contributed by atoms with van der Waals surface area (Å²) in [5.41, 5.74) is 0.930. The Bertz CT molecular complexity index is 460. The van der Waals surface area contributed by atoms with Crippen molar-refractivity contribution < 1.29 is 14.5 Å². The first-order valence-corrected chi connectivity index (χ1v) is 6.17. The van der Waals surface area contributed by atoms with E-state index in [0.29, 0.717) is 30.9 Å². The lowest BCUT2D eigenvalue weighted by Gasteiger charge is -2.06. The molecule has 0 spiro atoms. The summed E-state index contributed by atoms with van der Waals surface area (Å²) in [6, 6.07) is 4.34. The van der Waals surface area contributed by atoms with Gasteiger partial charge >= 0.3 is 0 Å². The predicted molar refractivity (Wildman–Crippen MR) is 71.3 cm³/mol. The number of nitrogens with zero attached hydrogens (tertiary/aromatic N) is 1. The smallest absolute Gasteiger partial charge is 0.272 e. The van der Waals surface area contributed by atoms with E-state index < -0.39 is 4.92 Å². The Morgan fingerprint density at radius 2 is 2.21 bits per heavy atom. The van der Waals surface area contributed by atoms with E-state index in [4.69, 9.17) is 4.74 Å². The van der Waals surface area contributed by atoms with Crippen molar-refractivity contribution in [2.75, 3.05) is 19.8 Å². The highest BCUT2D eigenvalue weighted by Crippen LogP contribution is 2.18. The Labute approximate surface area is 111 Å². The number of carbonyl (C=O) groups is 1. The second-order valence-electron chi connectivity index (χ2n) is 4.06. The van der Waals surface area contributed by atoms with Gasteiger partial charge in [0.1, 0.15) is 0 Å². The van der Waals surface area contributed by atoms with Crippen molar-refractivity contribution in [3.63, 3.8) is 0 Å². The Morgan fingerprint density at radius 3 is 2.79 bits per heavy atom. The van der Waals surface area contributed by atoms with Gasteiger partial charge in [0.2, 0.25) is 0 Å². The van der Waals surface area contributed by atoms with Crippen molar-refractivity contribution in [2.24, 2.45) is 0 Å². The van der Waals surface area contributed by atoms with E-state index in [1.807, 2.05) is 6.92 Å². The number of ether oxygens (including phenoxy) is 1. The van der Waals surface area contributed by atoms with Crippen molar-refractivity contribution in [3.05, 3.63) is 39.4 Å². The molecule has 0 saturated heterocycles. The number of nitro benzene ring substituents is 1. The average molecular weight is 266 g/mol. The molecule has 0 aromatic heterocycles. The van der Waals surface area contributed by atoms with Crippen LogP contribution in [0.4, 0.5) is 5.69 Å². The van der Waals surface area contributed by atoms with E-state index in [1.54, 1.807) is 6.92 Å². The molecule has 1 aromatic carbocycles. The van der Waals surface area contributed by atoms with Crippen LogP contribution in [0.2, 0.25) is 0 Å². The summed E-state index contributed by atoms with van der Waals surface area (Å²) in [7, 11) is 0. The molecule has 0 atom stereocenters. The number of nitro groups is 1. The first kappa shape index (κ1) is 15.1. The number of hydrogen-bond acceptors (Lipinski definition) is 4. The van der Waals surface area contributed by atoms with Crippen LogP contribution in [0.1, 0.15) is 29.3 Å². The molecule has 1 N–H and O–H groups in total. The van der Waals surface area contributed by atoms with Gasteiger partial charge in [-0.1, -0.05) is 0 Å². The van der Waals surface area contributed by atoms with Crippen LogP contribution in [0.15, 0.2) is 18.2 Å². The summed E-state index contributed by atoms with van der Waals surface area (Å²) in [5, 5.41) is 13.4. The molecule has 0 aliphatic heterocycles. The van der Waals surface area contributed by atoms with Gasteiger partial charge in [0, 0.05) is 37.0 Å². The third-order valence-corrected chi connectivity index (χ3v) is 2.61. The first-order valence-electron chi connectivity index (χ1n) is 6.17. The molecule has 0 saturated carbocycles. The van der Waals surface area contributed by atoms with Crippen LogP contribution >= 0.6 is 0 Å². The van der Waals surface area contributed by atoms with Crippen molar-refractivity contribution in [3.8, 4) is 0 Å². The van der Waals surface area contributed by atoms with Gasteiger partial charge in [-0.2, -0.15) is 0 Å². The molecule has 0 radical (unpaired) electrons. The quantitative estimate of drug-likeness (QED) is 0.465. The van der Waals surface area contributed by atoms with Crippen LogP contribution in [-0.4, -0.2) is 30.6 Å². The Morgan fingerprint density at radius 1 is 1.47 bits per heavy atom. The Hall–Kier alpha value is -1.95. The fourth-order valence-corrected chi connectivity index (χ4v) is 1.62. The molecule has 0 fully saturated rings. The molecule has 1 rings (SSSR count). The van der Waals surface area contributed by atoms with Gasteiger partial charge in [-0.3, -0.25) is 14.9 Å². The Balaban J connectivity index is 2.53. The van der Waals surface area contributed by atoms with E-state index in [1.165, 1.54) is 18.2 Å². The zero-order valence-electron chi connectivity index (χ0n) is 11.1. The van der Waals surface area contributed by atoms with Crippen molar-refractivity contribution in [2.45, 2.75) is 20.3 Å². The van der Waals surface area contributed by atoms with E-state index in [2.05, 4.69) is 5.32 Å². The van der Waals surface area contributed by atoms with Crippen LogP contribution in [0, 0.1) is 17.0 Å². The van der Waals surface area contributed by atoms with Gasteiger partial charge in [0.25, 0.3) is 11.6 Å². The number of amides is 1. The number of carbonyl (C=O) groups excluding carboxylic acids is 1. The average Bonchev–Trinajstić information content (AvgIpc) is 2.37. The summed E-state index contributed by atoms with van der Waals surface area (Å²) >= 11 is 0. The molecule has 6 nitrogen and oxygen atoms in total. The topological polar surface area (TPSA) is 81.5 Å². The summed E-state index contributed by atoms with van der Waals surface area (Å²) in [4.78, 5) is 22.0. The van der Waals surface area contributed by atoms with Gasteiger partial charge in [-0.15, -0.1) is 0 Å². The summed E-state index contributed by atoms with van der Waals surface area (Å²) in [6.07, 6.45) is 0.742. The molecule has 6 heteroatoms. The van der Waals surface area contributed by atoms with Gasteiger partial charge in [0.05, 0.1) is 4.92 Å². The van der Waals surface area contributed by atoms with E-state index >= 15 is 0 Å². The molecular weight excluding hydrogens is 248 g/mol. The standard InChI is InChI=1S/C13H18N2O4/c1-3-19-8-4-7-14-13(16)11-5-6-12(15(17)18)10(2)9-11/h5-6,9H,3-4,7-8H2,1-2H3,(H,14,16). The molecule has 0 aliphatic carbocycles.